The minimum absolute atomic E-state index is 0.0866. The summed E-state index contributed by atoms with van der Waals surface area (Å²) in [5, 5.41) is 2.90. The van der Waals surface area contributed by atoms with Crippen molar-refractivity contribution in [3.63, 3.8) is 0 Å². The molecule has 1 unspecified atom stereocenters. The molecule has 1 aliphatic heterocycles. The van der Waals surface area contributed by atoms with E-state index >= 15 is 0 Å². The highest BCUT2D eigenvalue weighted by molar-refractivity contribution is 7.14. The summed E-state index contributed by atoms with van der Waals surface area (Å²) in [5.41, 5.74) is 2.11. The third kappa shape index (κ3) is 2.86. The number of nitrogens with zero attached hydrogens (tertiary/aromatic N) is 3. The van der Waals surface area contributed by atoms with Crippen LogP contribution in [0.15, 0.2) is 29.6 Å². The number of ether oxygens (including phenoxy) is 1. The maximum absolute atomic E-state index is 11.9. The number of amides is 1. The van der Waals surface area contributed by atoms with Crippen molar-refractivity contribution in [3.8, 4) is 5.75 Å². The van der Waals surface area contributed by atoms with Crippen LogP contribution >= 0.6 is 11.3 Å². The molecule has 2 aliphatic rings. The van der Waals surface area contributed by atoms with E-state index in [4.69, 9.17) is 9.72 Å². The molecule has 0 saturated heterocycles. The predicted molar refractivity (Wildman–Crippen MR) is 95.9 cm³/mol. The molecule has 1 aromatic carbocycles. The zero-order valence-corrected chi connectivity index (χ0v) is 14.8. The fourth-order valence-electron chi connectivity index (χ4n) is 3.13. The van der Waals surface area contributed by atoms with Gasteiger partial charge in [-0.3, -0.25) is 9.69 Å². The lowest BCUT2D eigenvalue weighted by atomic mass is 10.1. The molecule has 1 saturated carbocycles. The number of benzene rings is 1. The molecule has 24 heavy (non-hydrogen) atoms. The van der Waals surface area contributed by atoms with Crippen LogP contribution in [0.4, 0.5) is 10.8 Å². The van der Waals surface area contributed by atoms with Crippen molar-refractivity contribution in [1.29, 1.82) is 0 Å². The lowest BCUT2D eigenvalue weighted by Crippen LogP contribution is -2.40. The summed E-state index contributed by atoms with van der Waals surface area (Å²) >= 11 is 1.56. The molecule has 0 radical (unpaired) electrons. The van der Waals surface area contributed by atoms with Gasteiger partial charge in [-0.15, -0.1) is 11.3 Å². The molecule has 6 heteroatoms. The highest BCUT2D eigenvalue weighted by atomic mass is 32.1. The molecular weight excluding hydrogens is 322 g/mol. The van der Waals surface area contributed by atoms with Gasteiger partial charge < -0.3 is 9.64 Å². The van der Waals surface area contributed by atoms with Gasteiger partial charge in [0.25, 0.3) is 0 Å². The second-order valence-corrected chi connectivity index (χ2v) is 7.33. The van der Waals surface area contributed by atoms with E-state index in [1.807, 2.05) is 23.1 Å². The fourth-order valence-corrected chi connectivity index (χ4v) is 4.06. The highest BCUT2D eigenvalue weighted by Crippen LogP contribution is 2.36. The van der Waals surface area contributed by atoms with Gasteiger partial charge in [0, 0.05) is 18.3 Å². The molecule has 1 aromatic heterocycles. The number of thiazole rings is 1. The van der Waals surface area contributed by atoms with Crippen molar-refractivity contribution in [2.45, 2.75) is 45.3 Å². The van der Waals surface area contributed by atoms with Crippen LogP contribution in [0.25, 0.3) is 0 Å². The van der Waals surface area contributed by atoms with Crippen LogP contribution in [-0.2, 0) is 11.3 Å². The summed E-state index contributed by atoms with van der Waals surface area (Å²) in [5.74, 6) is 1.01. The van der Waals surface area contributed by atoms with E-state index in [9.17, 15) is 4.79 Å². The Labute approximate surface area is 145 Å². The van der Waals surface area contributed by atoms with Gasteiger partial charge in [-0.1, -0.05) is 12.1 Å². The Morgan fingerprint density at radius 2 is 2.21 bits per heavy atom. The van der Waals surface area contributed by atoms with Gasteiger partial charge in [-0.25, -0.2) is 4.98 Å². The predicted octanol–water partition coefficient (Wildman–Crippen LogP) is 3.45. The summed E-state index contributed by atoms with van der Waals surface area (Å²) in [6, 6.07) is 8.76. The van der Waals surface area contributed by atoms with E-state index in [2.05, 4.69) is 23.3 Å². The topological polar surface area (TPSA) is 45.7 Å². The Morgan fingerprint density at radius 3 is 2.96 bits per heavy atom. The van der Waals surface area contributed by atoms with Crippen molar-refractivity contribution < 1.29 is 9.53 Å². The van der Waals surface area contributed by atoms with E-state index in [0.29, 0.717) is 12.6 Å². The molecule has 1 atom stereocenters. The summed E-state index contributed by atoms with van der Waals surface area (Å²) in [7, 11) is 0. The average molecular weight is 343 g/mol. The SMILES string of the molecule is CC(=O)N(c1nc(CN2c3ccccc3OCC2C)cs1)C1CC1. The van der Waals surface area contributed by atoms with Crippen LogP contribution in [-0.4, -0.2) is 29.6 Å². The molecule has 0 bridgehead atoms. The first-order valence-electron chi connectivity index (χ1n) is 8.36. The lowest BCUT2D eigenvalue weighted by Gasteiger charge is -2.36. The number of hydrogen-bond acceptors (Lipinski definition) is 5. The first kappa shape index (κ1) is 15.4. The number of aromatic nitrogens is 1. The Balaban J connectivity index is 1.57. The van der Waals surface area contributed by atoms with E-state index in [-0.39, 0.29) is 11.9 Å². The molecule has 2 heterocycles. The van der Waals surface area contributed by atoms with Crippen LogP contribution < -0.4 is 14.5 Å². The molecule has 1 fully saturated rings. The molecule has 0 spiro atoms. The van der Waals surface area contributed by atoms with Crippen molar-refractivity contribution in [2.24, 2.45) is 0 Å². The Morgan fingerprint density at radius 1 is 1.42 bits per heavy atom. The van der Waals surface area contributed by atoms with Crippen LogP contribution in [0.2, 0.25) is 0 Å². The number of carbonyl (C=O) groups is 1. The van der Waals surface area contributed by atoms with Crippen molar-refractivity contribution >= 4 is 28.1 Å². The van der Waals surface area contributed by atoms with Crippen LogP contribution in [0, 0.1) is 0 Å². The molecule has 1 amide bonds. The number of hydrogen-bond donors (Lipinski definition) is 0. The van der Waals surface area contributed by atoms with Gasteiger partial charge in [0.1, 0.15) is 12.4 Å². The molecule has 0 N–H and O–H groups in total. The molecular formula is C18H21N3O2S. The Hall–Kier alpha value is -2.08. The van der Waals surface area contributed by atoms with E-state index in [1.165, 1.54) is 0 Å². The number of fused-ring (bicyclic) bond motifs is 1. The van der Waals surface area contributed by atoms with Crippen molar-refractivity contribution in [1.82, 2.24) is 4.98 Å². The van der Waals surface area contributed by atoms with Gasteiger partial charge in [-0.2, -0.15) is 0 Å². The highest BCUT2D eigenvalue weighted by Gasteiger charge is 2.34. The van der Waals surface area contributed by atoms with Crippen LogP contribution in [0.5, 0.6) is 5.75 Å². The first-order valence-corrected chi connectivity index (χ1v) is 9.24. The molecule has 126 valence electrons. The monoisotopic (exact) mass is 343 g/mol. The van der Waals surface area contributed by atoms with Crippen LogP contribution in [0.3, 0.4) is 0 Å². The van der Waals surface area contributed by atoms with Gasteiger partial charge in [0.2, 0.25) is 5.91 Å². The Kier molecular flexibility index (Phi) is 3.92. The van der Waals surface area contributed by atoms with Gasteiger partial charge in [0.15, 0.2) is 5.13 Å². The molecule has 2 aromatic rings. The number of para-hydroxylation sites is 2. The normalized spacial score (nSPS) is 19.6. The maximum Gasteiger partial charge on any atom is 0.225 e. The third-order valence-electron chi connectivity index (χ3n) is 4.52. The fraction of sp³-hybridized carbons (Fsp3) is 0.444. The van der Waals surface area contributed by atoms with Gasteiger partial charge in [0.05, 0.1) is 24.0 Å². The lowest BCUT2D eigenvalue weighted by molar-refractivity contribution is -0.116. The second-order valence-electron chi connectivity index (χ2n) is 6.50. The average Bonchev–Trinajstić information content (AvgIpc) is 3.29. The summed E-state index contributed by atoms with van der Waals surface area (Å²) in [6.07, 6.45) is 2.17. The molecule has 5 nitrogen and oxygen atoms in total. The summed E-state index contributed by atoms with van der Waals surface area (Å²) in [6.45, 7) is 5.19. The number of carbonyl (C=O) groups excluding carboxylic acids is 1. The van der Waals surface area contributed by atoms with Gasteiger partial charge >= 0.3 is 0 Å². The number of anilines is 2. The minimum atomic E-state index is 0.0866. The quantitative estimate of drug-likeness (QED) is 0.853. The number of rotatable bonds is 4. The molecule has 1 aliphatic carbocycles. The van der Waals surface area contributed by atoms with E-state index in [0.717, 1.165) is 41.6 Å². The Bertz CT molecular complexity index is 756. The maximum atomic E-state index is 11.9. The third-order valence-corrected chi connectivity index (χ3v) is 5.40. The van der Waals surface area contributed by atoms with Crippen molar-refractivity contribution in [3.05, 3.63) is 35.3 Å². The first-order chi connectivity index (χ1) is 11.6. The van der Waals surface area contributed by atoms with E-state index in [1.54, 1.807) is 18.3 Å². The zero-order chi connectivity index (χ0) is 16.7. The second kappa shape index (κ2) is 6.09. The summed E-state index contributed by atoms with van der Waals surface area (Å²) in [4.78, 5) is 20.8. The van der Waals surface area contributed by atoms with Crippen LogP contribution in [0.1, 0.15) is 32.4 Å². The standard InChI is InChI=1S/C18H21N3O2S/c1-12-10-23-17-6-4-3-5-16(17)20(12)9-14-11-24-18(19-14)21(13(2)22)15-7-8-15/h3-6,11-12,15H,7-10H2,1-2H3. The zero-order valence-electron chi connectivity index (χ0n) is 13.9. The molecule has 4 rings (SSSR count). The largest absolute Gasteiger partial charge is 0.489 e. The van der Waals surface area contributed by atoms with Crippen molar-refractivity contribution in [2.75, 3.05) is 16.4 Å². The smallest absolute Gasteiger partial charge is 0.225 e. The van der Waals surface area contributed by atoms with E-state index < -0.39 is 0 Å². The minimum Gasteiger partial charge on any atom is -0.489 e. The van der Waals surface area contributed by atoms with Gasteiger partial charge in [-0.05, 0) is 31.9 Å². The summed E-state index contributed by atoms with van der Waals surface area (Å²) < 4.78 is 5.81.